The second-order valence-electron chi connectivity index (χ2n) is 7.15. The topological polar surface area (TPSA) is 75.2 Å². The Morgan fingerprint density at radius 1 is 1.07 bits per heavy atom. The second kappa shape index (κ2) is 8.50. The fourth-order valence-corrected chi connectivity index (χ4v) is 3.55. The Morgan fingerprint density at radius 2 is 1.83 bits per heavy atom. The highest BCUT2D eigenvalue weighted by atomic mass is 19.4. The van der Waals surface area contributed by atoms with Gasteiger partial charge in [-0.1, -0.05) is 0 Å². The Labute approximate surface area is 166 Å². The molecule has 0 amide bonds. The lowest BCUT2D eigenvalue weighted by atomic mass is 9.94. The van der Waals surface area contributed by atoms with E-state index in [1.165, 1.54) is 0 Å². The molecule has 156 valence electrons. The standard InChI is InChI=1S/C19H23F3N6O/c20-19(21,22)14-3-6-24-16(11-14)26-17-12-15(13-1-4-23-5-2-13)25-18(27-17)28-7-9-29-10-8-28/h3,6,11-13,23H,1-2,4-5,7-10H2,(H,24,25,26,27). The number of aromatic nitrogens is 3. The summed E-state index contributed by atoms with van der Waals surface area (Å²) in [7, 11) is 0. The third-order valence-corrected chi connectivity index (χ3v) is 5.13. The maximum atomic E-state index is 13.0. The van der Waals surface area contributed by atoms with Gasteiger partial charge in [0.2, 0.25) is 5.95 Å². The number of ether oxygens (including phenoxy) is 1. The van der Waals surface area contributed by atoms with Gasteiger partial charge in [0.1, 0.15) is 11.6 Å². The molecule has 0 unspecified atom stereocenters. The number of piperidine rings is 1. The van der Waals surface area contributed by atoms with Gasteiger partial charge in [0.15, 0.2) is 0 Å². The van der Waals surface area contributed by atoms with Crippen LogP contribution in [0.5, 0.6) is 0 Å². The SMILES string of the molecule is FC(F)(F)c1ccnc(Nc2cc(C3CCNCC3)nc(N3CCOCC3)n2)c1. The van der Waals surface area contributed by atoms with Crippen LogP contribution in [0.2, 0.25) is 0 Å². The molecule has 2 saturated heterocycles. The minimum absolute atomic E-state index is 0.0997. The molecule has 4 heterocycles. The van der Waals surface area contributed by atoms with Crippen molar-refractivity contribution in [3.05, 3.63) is 35.7 Å². The predicted molar refractivity (Wildman–Crippen MR) is 102 cm³/mol. The van der Waals surface area contributed by atoms with Crippen molar-refractivity contribution in [2.45, 2.75) is 24.9 Å². The first-order valence-corrected chi connectivity index (χ1v) is 9.72. The molecular weight excluding hydrogens is 385 g/mol. The molecule has 4 rings (SSSR count). The van der Waals surface area contributed by atoms with E-state index in [1.807, 2.05) is 11.0 Å². The lowest BCUT2D eigenvalue weighted by Gasteiger charge is -2.29. The van der Waals surface area contributed by atoms with Gasteiger partial charge >= 0.3 is 6.18 Å². The lowest BCUT2D eigenvalue weighted by molar-refractivity contribution is -0.137. The van der Waals surface area contributed by atoms with Gasteiger partial charge in [-0.15, -0.1) is 0 Å². The van der Waals surface area contributed by atoms with Crippen LogP contribution in [-0.2, 0) is 10.9 Å². The Kier molecular flexibility index (Phi) is 5.81. The number of nitrogens with zero attached hydrogens (tertiary/aromatic N) is 4. The maximum Gasteiger partial charge on any atom is 0.416 e. The summed E-state index contributed by atoms with van der Waals surface area (Å²) in [4.78, 5) is 15.4. The molecule has 2 N–H and O–H groups in total. The molecule has 29 heavy (non-hydrogen) atoms. The zero-order valence-electron chi connectivity index (χ0n) is 15.9. The molecule has 0 saturated carbocycles. The average Bonchev–Trinajstić information content (AvgIpc) is 2.74. The first-order chi connectivity index (χ1) is 14.0. The summed E-state index contributed by atoms with van der Waals surface area (Å²) in [5, 5.41) is 6.27. The number of nitrogens with one attached hydrogen (secondary N) is 2. The highest BCUT2D eigenvalue weighted by molar-refractivity contribution is 5.55. The fraction of sp³-hybridized carbons (Fsp3) is 0.526. The van der Waals surface area contributed by atoms with Crippen molar-refractivity contribution < 1.29 is 17.9 Å². The second-order valence-corrected chi connectivity index (χ2v) is 7.15. The van der Waals surface area contributed by atoms with Crippen molar-refractivity contribution in [1.82, 2.24) is 20.3 Å². The molecule has 2 aromatic rings. The Bertz CT molecular complexity index is 799. The molecule has 0 radical (unpaired) electrons. The normalized spacial score (nSPS) is 18.7. The van der Waals surface area contributed by atoms with E-state index in [-0.39, 0.29) is 11.7 Å². The van der Waals surface area contributed by atoms with Crippen molar-refractivity contribution in [3.63, 3.8) is 0 Å². The van der Waals surface area contributed by atoms with E-state index in [2.05, 4.69) is 20.6 Å². The molecule has 2 aliphatic rings. The minimum atomic E-state index is -4.43. The van der Waals surface area contributed by atoms with Crippen molar-refractivity contribution in [1.29, 1.82) is 0 Å². The number of rotatable bonds is 4. The predicted octanol–water partition coefficient (Wildman–Crippen LogP) is 2.94. The van der Waals surface area contributed by atoms with Gasteiger partial charge in [0.05, 0.1) is 24.5 Å². The number of hydrogen-bond donors (Lipinski definition) is 2. The van der Waals surface area contributed by atoms with Gasteiger partial charge in [0.25, 0.3) is 0 Å². The van der Waals surface area contributed by atoms with E-state index in [4.69, 9.17) is 9.72 Å². The van der Waals surface area contributed by atoms with Crippen molar-refractivity contribution in [2.24, 2.45) is 0 Å². The monoisotopic (exact) mass is 408 g/mol. The van der Waals surface area contributed by atoms with Crippen molar-refractivity contribution in [3.8, 4) is 0 Å². The molecule has 0 spiro atoms. The molecule has 2 fully saturated rings. The fourth-order valence-electron chi connectivity index (χ4n) is 3.55. The summed E-state index contributed by atoms with van der Waals surface area (Å²) in [6, 6.07) is 3.76. The average molecular weight is 408 g/mol. The molecule has 10 heteroatoms. The van der Waals surface area contributed by atoms with E-state index in [0.29, 0.717) is 38.1 Å². The molecule has 0 aromatic carbocycles. The first kappa shape index (κ1) is 19.8. The van der Waals surface area contributed by atoms with Crippen LogP contribution in [0, 0.1) is 0 Å². The minimum Gasteiger partial charge on any atom is -0.378 e. The van der Waals surface area contributed by atoms with Crippen LogP contribution < -0.4 is 15.5 Å². The third kappa shape index (κ3) is 4.94. The third-order valence-electron chi connectivity index (χ3n) is 5.13. The van der Waals surface area contributed by atoms with E-state index in [0.717, 1.165) is 50.0 Å². The summed E-state index contributed by atoms with van der Waals surface area (Å²) in [5.41, 5.74) is 0.147. The lowest BCUT2D eigenvalue weighted by Crippen LogP contribution is -2.37. The van der Waals surface area contributed by atoms with E-state index in [1.54, 1.807) is 0 Å². The Balaban J connectivity index is 1.64. The molecule has 2 aromatic heterocycles. The Hall–Kier alpha value is -2.46. The quantitative estimate of drug-likeness (QED) is 0.806. The van der Waals surface area contributed by atoms with Crippen LogP contribution in [0.1, 0.15) is 30.0 Å². The number of anilines is 3. The maximum absolute atomic E-state index is 13.0. The van der Waals surface area contributed by atoms with Gasteiger partial charge in [0, 0.05) is 31.3 Å². The first-order valence-electron chi connectivity index (χ1n) is 9.72. The molecule has 2 aliphatic heterocycles. The van der Waals surface area contributed by atoms with Crippen LogP contribution in [0.25, 0.3) is 0 Å². The summed E-state index contributed by atoms with van der Waals surface area (Å²) in [5.74, 6) is 1.40. The van der Waals surface area contributed by atoms with Crippen molar-refractivity contribution >= 4 is 17.6 Å². The van der Waals surface area contributed by atoms with Gasteiger partial charge in [-0.2, -0.15) is 18.2 Å². The van der Waals surface area contributed by atoms with Crippen LogP contribution >= 0.6 is 0 Å². The number of halogens is 3. The van der Waals surface area contributed by atoms with E-state index < -0.39 is 11.7 Å². The highest BCUT2D eigenvalue weighted by Crippen LogP contribution is 2.31. The van der Waals surface area contributed by atoms with Crippen LogP contribution in [0.4, 0.5) is 30.8 Å². The molecular formula is C19H23F3N6O. The molecule has 0 atom stereocenters. The summed E-state index contributed by atoms with van der Waals surface area (Å²) >= 11 is 0. The number of hydrogen-bond acceptors (Lipinski definition) is 7. The summed E-state index contributed by atoms with van der Waals surface area (Å²) in [6.07, 6.45) is -1.37. The smallest absolute Gasteiger partial charge is 0.378 e. The summed E-state index contributed by atoms with van der Waals surface area (Å²) in [6.45, 7) is 4.38. The molecule has 7 nitrogen and oxygen atoms in total. The number of pyridine rings is 1. The van der Waals surface area contributed by atoms with Crippen molar-refractivity contribution in [2.75, 3.05) is 49.6 Å². The molecule has 0 bridgehead atoms. The van der Waals surface area contributed by atoms with Gasteiger partial charge in [-0.05, 0) is 38.1 Å². The Morgan fingerprint density at radius 3 is 2.55 bits per heavy atom. The van der Waals surface area contributed by atoms with Gasteiger partial charge in [-0.3, -0.25) is 0 Å². The van der Waals surface area contributed by atoms with E-state index in [9.17, 15) is 13.2 Å². The largest absolute Gasteiger partial charge is 0.416 e. The zero-order valence-corrected chi connectivity index (χ0v) is 15.9. The van der Waals surface area contributed by atoms with E-state index >= 15 is 0 Å². The number of alkyl halides is 3. The van der Waals surface area contributed by atoms with Crippen LogP contribution in [0.3, 0.4) is 0 Å². The van der Waals surface area contributed by atoms with Crippen LogP contribution in [-0.4, -0.2) is 54.3 Å². The number of morpholine rings is 1. The van der Waals surface area contributed by atoms with Gasteiger partial charge in [-0.25, -0.2) is 9.97 Å². The van der Waals surface area contributed by atoms with Gasteiger partial charge < -0.3 is 20.3 Å². The molecule has 0 aliphatic carbocycles. The zero-order chi connectivity index (χ0) is 20.3. The highest BCUT2D eigenvalue weighted by Gasteiger charge is 2.31. The summed E-state index contributed by atoms with van der Waals surface area (Å²) < 4.78 is 44.4. The van der Waals surface area contributed by atoms with Crippen LogP contribution in [0.15, 0.2) is 24.4 Å².